The van der Waals surface area contributed by atoms with Gasteiger partial charge in [-0.15, -0.1) is 5.10 Å². The maximum atomic E-state index is 13.4. The van der Waals surface area contributed by atoms with Crippen LogP contribution in [0.2, 0.25) is 0 Å². The molecule has 0 aliphatic carbocycles. The highest BCUT2D eigenvalue weighted by Crippen LogP contribution is 2.40. The zero-order valence-electron chi connectivity index (χ0n) is 28.2. The lowest BCUT2D eigenvalue weighted by Crippen LogP contribution is -2.44. The molecule has 4 aromatic rings. The number of hydrogen-bond acceptors (Lipinski definition) is 10. The number of halogens is 3. The van der Waals surface area contributed by atoms with E-state index in [1.165, 1.54) is 23.3 Å². The summed E-state index contributed by atoms with van der Waals surface area (Å²) < 4.78 is 56.2. The monoisotopic (exact) mass is 729 g/mol. The third-order valence-corrected chi connectivity index (χ3v) is 10.6. The molecule has 268 valence electrons. The number of rotatable bonds is 7. The molecule has 2 N–H and O–H groups in total. The van der Waals surface area contributed by atoms with E-state index in [9.17, 15) is 18.0 Å². The van der Waals surface area contributed by atoms with Crippen LogP contribution in [0.25, 0.3) is 16.3 Å². The van der Waals surface area contributed by atoms with Gasteiger partial charge >= 0.3 is 6.18 Å². The van der Waals surface area contributed by atoms with Crippen LogP contribution in [0.1, 0.15) is 57.9 Å². The summed E-state index contributed by atoms with van der Waals surface area (Å²) in [6.45, 7) is 3.92. The summed E-state index contributed by atoms with van der Waals surface area (Å²) in [5, 5.41) is 9.69. The van der Waals surface area contributed by atoms with Crippen LogP contribution in [0, 0.1) is 5.41 Å². The normalized spacial score (nSPS) is 16.6. The zero-order chi connectivity index (χ0) is 35.1. The Morgan fingerprint density at radius 3 is 2.66 bits per heavy atom. The van der Waals surface area contributed by atoms with E-state index in [0.717, 1.165) is 75.7 Å². The molecule has 0 unspecified atom stereocenters. The first-order valence-corrected chi connectivity index (χ1v) is 18.6. The summed E-state index contributed by atoms with van der Waals surface area (Å²) in [5.41, 5.74) is 0.809. The number of aromatic nitrogens is 4. The number of amides is 1. The van der Waals surface area contributed by atoms with Gasteiger partial charge < -0.3 is 24.4 Å². The molecule has 1 amide bonds. The molecule has 1 fully saturated rings. The molecule has 0 radical (unpaired) electrons. The van der Waals surface area contributed by atoms with Crippen molar-refractivity contribution in [3.8, 4) is 22.1 Å². The van der Waals surface area contributed by atoms with Crippen molar-refractivity contribution in [1.82, 2.24) is 25.1 Å². The molecule has 0 spiro atoms. The van der Waals surface area contributed by atoms with Crippen LogP contribution in [-0.4, -0.2) is 70.8 Å². The van der Waals surface area contributed by atoms with Gasteiger partial charge in [-0.3, -0.25) is 4.79 Å². The number of pyridine rings is 1. The Bertz CT molecular complexity index is 1740. The van der Waals surface area contributed by atoms with E-state index in [2.05, 4.69) is 26.1 Å². The van der Waals surface area contributed by atoms with Crippen LogP contribution in [0.15, 0.2) is 59.8 Å². The Hall–Kier alpha value is -3.82. The van der Waals surface area contributed by atoms with Gasteiger partial charge in [-0.2, -0.15) is 13.2 Å². The summed E-state index contributed by atoms with van der Waals surface area (Å²) in [4.78, 5) is 25.1. The van der Waals surface area contributed by atoms with Gasteiger partial charge in [-0.05, 0) is 63.6 Å². The quantitative estimate of drug-likeness (QED) is 0.185. The Kier molecular flexibility index (Phi) is 11.5. The van der Waals surface area contributed by atoms with E-state index in [1.807, 2.05) is 36.4 Å². The second-order valence-corrected chi connectivity index (χ2v) is 15.0. The lowest BCUT2D eigenvalue weighted by molar-refractivity contribution is -0.219. The van der Waals surface area contributed by atoms with Crippen molar-refractivity contribution in [3.05, 3.63) is 60.3 Å². The molecule has 2 aliphatic heterocycles. The zero-order valence-corrected chi connectivity index (χ0v) is 29.8. The number of thiazole rings is 1. The van der Waals surface area contributed by atoms with Gasteiger partial charge in [0.1, 0.15) is 28.1 Å². The highest BCUT2D eigenvalue weighted by molar-refractivity contribution is 8.00. The third kappa shape index (κ3) is 9.09. The van der Waals surface area contributed by atoms with Crippen molar-refractivity contribution < 1.29 is 27.4 Å². The summed E-state index contributed by atoms with van der Waals surface area (Å²) >= 11 is 2.69. The second-order valence-electron chi connectivity index (χ2n) is 13.2. The van der Waals surface area contributed by atoms with E-state index >= 15 is 0 Å². The summed E-state index contributed by atoms with van der Waals surface area (Å²) in [5.74, 6) is 0.811. The van der Waals surface area contributed by atoms with Gasteiger partial charge in [-0.25, -0.2) is 14.6 Å². The maximum absolute atomic E-state index is 13.4. The number of carbonyl (C=O) groups is 1. The molecule has 10 nitrogen and oxygen atoms in total. The fourth-order valence-corrected chi connectivity index (χ4v) is 7.34. The van der Waals surface area contributed by atoms with Crippen LogP contribution >= 0.6 is 23.3 Å². The number of aryl methyl sites for hydroxylation is 1. The Morgan fingerprint density at radius 1 is 1.04 bits per heavy atom. The van der Waals surface area contributed by atoms with Crippen LogP contribution in [0.5, 0.6) is 5.88 Å². The fraction of sp³-hybridized carbons (Fsp3) is 0.486. The average molecular weight is 730 g/mol. The van der Waals surface area contributed by atoms with Gasteiger partial charge in [0.25, 0.3) is 0 Å². The standard InChI is InChI=1S/C35H42F3N7O3S2/c1-34(2,35(36,37)38)23-48-29-15-19-45(42-29)32-31-26-12-7-6-11-24(26)10-5-3-4-8-18-44(22-28(46)39-25-16-20-47-21-17-25)27-13-9-14-30(40-27)50-43-33(41-31)49-32/h6-7,9,11-15,19,25H,3-5,8,10,16-18,20-23H2,1-2H3,(H,39,46)(H,41,43). The smallest absolute Gasteiger partial charge is 0.397 e. The molecule has 50 heavy (non-hydrogen) atoms. The van der Waals surface area contributed by atoms with Crippen LogP contribution in [-0.2, 0) is 16.0 Å². The fourth-order valence-electron chi connectivity index (χ4n) is 5.76. The van der Waals surface area contributed by atoms with Gasteiger partial charge in [0.15, 0.2) is 5.13 Å². The first-order valence-electron chi connectivity index (χ1n) is 16.9. The summed E-state index contributed by atoms with van der Waals surface area (Å²) in [6.07, 6.45) is 3.68. The van der Waals surface area contributed by atoms with Gasteiger partial charge in [-0.1, -0.05) is 54.5 Å². The Labute approximate surface area is 298 Å². The van der Waals surface area contributed by atoms with Crippen molar-refractivity contribution in [2.75, 3.05) is 42.5 Å². The molecule has 0 atom stereocenters. The first-order chi connectivity index (χ1) is 24.1. The lowest BCUT2D eigenvalue weighted by Gasteiger charge is -2.27. The molecule has 4 bridgehead atoms. The predicted octanol–water partition coefficient (Wildman–Crippen LogP) is 7.70. The van der Waals surface area contributed by atoms with Crippen molar-refractivity contribution >= 4 is 40.1 Å². The molecule has 3 aromatic heterocycles. The van der Waals surface area contributed by atoms with Crippen molar-refractivity contribution in [2.45, 2.75) is 76.0 Å². The minimum Gasteiger partial charge on any atom is -0.476 e. The molecule has 1 aromatic carbocycles. The summed E-state index contributed by atoms with van der Waals surface area (Å²) in [7, 11) is 0. The predicted molar refractivity (Wildman–Crippen MR) is 190 cm³/mol. The van der Waals surface area contributed by atoms with Crippen molar-refractivity contribution in [3.63, 3.8) is 0 Å². The van der Waals surface area contributed by atoms with Gasteiger partial charge in [0.2, 0.25) is 11.8 Å². The van der Waals surface area contributed by atoms with E-state index in [0.29, 0.717) is 40.6 Å². The number of ether oxygens (including phenoxy) is 2. The van der Waals surface area contributed by atoms with Gasteiger partial charge in [0, 0.05) is 55.6 Å². The molecule has 15 heteroatoms. The molecule has 1 saturated heterocycles. The summed E-state index contributed by atoms with van der Waals surface area (Å²) in [6, 6.07) is 15.6. The minimum absolute atomic E-state index is 0.0172. The first kappa shape index (κ1) is 36.0. The average Bonchev–Trinajstić information content (AvgIpc) is 3.75. The van der Waals surface area contributed by atoms with Crippen LogP contribution in [0.3, 0.4) is 0 Å². The SMILES string of the molecule is CC(C)(COc1ccn(-c2sc3nc2-c2ccccc2CCCCCCN(CC(=O)NC2CCOCC2)c2cccc(n2)SN3)n1)C(F)(F)F. The van der Waals surface area contributed by atoms with E-state index < -0.39 is 18.2 Å². The minimum atomic E-state index is -4.41. The molecular weight excluding hydrogens is 688 g/mol. The molecule has 5 heterocycles. The molecular formula is C35H42F3N7O3S2. The number of alkyl halides is 3. The number of nitrogens with zero attached hydrogens (tertiary/aromatic N) is 5. The van der Waals surface area contributed by atoms with E-state index in [4.69, 9.17) is 19.4 Å². The van der Waals surface area contributed by atoms with Crippen molar-refractivity contribution in [2.24, 2.45) is 5.41 Å². The second kappa shape index (κ2) is 16.0. The van der Waals surface area contributed by atoms with Crippen LogP contribution in [0.4, 0.5) is 24.1 Å². The molecule has 6 rings (SSSR count). The van der Waals surface area contributed by atoms with Gasteiger partial charge in [0.05, 0.1) is 12.0 Å². The van der Waals surface area contributed by atoms with Crippen LogP contribution < -0.4 is 19.7 Å². The number of hydrogen-bond donors (Lipinski definition) is 2. The number of fused-ring (bicyclic) bond motifs is 6. The topological polar surface area (TPSA) is 106 Å². The van der Waals surface area contributed by atoms with Crippen molar-refractivity contribution in [1.29, 1.82) is 0 Å². The lowest BCUT2D eigenvalue weighted by atomic mass is 9.94. The number of carbonyl (C=O) groups excluding carboxylic acids is 1. The largest absolute Gasteiger partial charge is 0.476 e. The number of anilines is 2. The highest BCUT2D eigenvalue weighted by atomic mass is 32.2. The Morgan fingerprint density at radius 2 is 1.84 bits per heavy atom. The molecule has 0 saturated carbocycles. The Balaban J connectivity index is 1.25. The number of nitrogens with one attached hydrogen (secondary N) is 2. The van der Waals surface area contributed by atoms with E-state index in [-0.39, 0.29) is 24.4 Å². The number of benzene rings is 1. The highest BCUT2D eigenvalue weighted by Gasteiger charge is 2.48. The molecule has 2 aliphatic rings. The van der Waals surface area contributed by atoms with E-state index in [1.54, 1.807) is 16.9 Å². The maximum Gasteiger partial charge on any atom is 0.397 e. The third-order valence-electron chi connectivity index (χ3n) is 8.82.